The summed E-state index contributed by atoms with van der Waals surface area (Å²) in [5.41, 5.74) is 34.6. The second-order valence-corrected chi connectivity index (χ2v) is 25.3. The van der Waals surface area contributed by atoms with Crippen molar-refractivity contribution in [3.05, 3.63) is 154 Å². The highest BCUT2D eigenvalue weighted by Gasteiger charge is 2.33. The molecule has 24 nitrogen and oxygen atoms in total. The van der Waals surface area contributed by atoms with Crippen molar-refractivity contribution in [1.29, 1.82) is 10.5 Å². The molecule has 0 amide bonds. The van der Waals surface area contributed by atoms with E-state index in [1.807, 2.05) is 21.8 Å². The van der Waals surface area contributed by atoms with Gasteiger partial charge in [-0.15, -0.1) is 0 Å². The van der Waals surface area contributed by atoms with Crippen LogP contribution < -0.4 is 31.4 Å². The number of hydrogen-bond acceptors (Lipinski definition) is 20. The Kier molecular flexibility index (Phi) is 17.4. The Morgan fingerprint density at radius 2 is 0.891 bits per heavy atom. The van der Waals surface area contributed by atoms with Crippen LogP contribution in [0.1, 0.15) is 102 Å². The lowest BCUT2D eigenvalue weighted by Crippen LogP contribution is -2.27. The molecule has 0 bridgehead atoms. The van der Waals surface area contributed by atoms with E-state index in [4.69, 9.17) is 48.5 Å². The second kappa shape index (κ2) is 25.9. The van der Waals surface area contributed by atoms with Gasteiger partial charge in [-0.3, -0.25) is 14.2 Å². The quantitative estimate of drug-likeness (QED) is 0.0958. The number of likely N-dealkylation sites (N-methyl/N-ethyl adjacent to an activating group) is 3. The van der Waals surface area contributed by atoms with Gasteiger partial charge in [0.25, 0.3) is 17.6 Å². The van der Waals surface area contributed by atoms with E-state index in [0.29, 0.717) is 22.9 Å². The van der Waals surface area contributed by atoms with Gasteiger partial charge in [0.1, 0.15) is 0 Å². The lowest BCUT2D eigenvalue weighted by Gasteiger charge is -2.30. The minimum atomic E-state index is -0.796. The first-order chi connectivity index (χ1) is 44.3. The molecule has 2 aliphatic carbocycles. The molecular weight excluding hydrogens is 1160 g/mol. The van der Waals surface area contributed by atoms with E-state index in [0.717, 1.165) is 112 Å². The van der Waals surface area contributed by atoms with Crippen LogP contribution in [0, 0.1) is 61.8 Å². The van der Waals surface area contributed by atoms with Crippen LogP contribution in [0.5, 0.6) is 34.9 Å². The van der Waals surface area contributed by atoms with Gasteiger partial charge in [0.05, 0.1) is 109 Å². The number of fused-ring (bicyclic) bond motifs is 3. The maximum absolute atomic E-state index is 8.96. The molecule has 24 heteroatoms. The lowest BCUT2D eigenvalue weighted by molar-refractivity contribution is 0.229. The monoisotopic (exact) mass is 1230 g/mol. The van der Waals surface area contributed by atoms with Gasteiger partial charge in [0.15, 0.2) is 34.7 Å². The molecule has 9 heterocycles. The van der Waals surface area contributed by atoms with Crippen LogP contribution in [0.4, 0.5) is 17.5 Å². The highest BCUT2D eigenvalue weighted by molar-refractivity contribution is 5.67. The van der Waals surface area contributed by atoms with Gasteiger partial charge < -0.3 is 46.1 Å². The molecule has 3 aromatic carbocycles. The predicted molar refractivity (Wildman–Crippen MR) is 348 cm³/mol. The zero-order valence-corrected chi connectivity index (χ0v) is 53.2. The zero-order valence-electron chi connectivity index (χ0n) is 53.2. The summed E-state index contributed by atoms with van der Waals surface area (Å²) in [7, 11) is 6.44. The van der Waals surface area contributed by atoms with Gasteiger partial charge in [0.2, 0.25) is 0 Å². The average molecular weight is 1230 g/mol. The van der Waals surface area contributed by atoms with Crippen molar-refractivity contribution in [2.24, 2.45) is 11.8 Å². The summed E-state index contributed by atoms with van der Waals surface area (Å²) in [6.07, 6.45) is 21.6. The van der Waals surface area contributed by atoms with E-state index < -0.39 is 5.66 Å². The van der Waals surface area contributed by atoms with Crippen molar-refractivity contribution in [3.8, 4) is 80.8 Å². The maximum atomic E-state index is 8.96. The molecule has 0 atom stereocenters. The number of benzene rings is 3. The largest absolute Gasteiger partial charge is 0.433 e. The summed E-state index contributed by atoms with van der Waals surface area (Å²) in [6.45, 7) is 23.4. The van der Waals surface area contributed by atoms with E-state index in [-0.39, 0.29) is 59.0 Å². The topological polar surface area (TPSA) is 298 Å². The van der Waals surface area contributed by atoms with Crippen molar-refractivity contribution < 1.29 is 14.2 Å². The maximum Gasteiger partial charge on any atom is 0.320 e. The molecule has 0 unspecified atom stereocenters. The number of nitriles is 2. The third kappa shape index (κ3) is 13.4. The Labute approximate surface area is 535 Å². The van der Waals surface area contributed by atoms with Crippen LogP contribution in [0.15, 0.2) is 92.2 Å². The number of rotatable bonds is 12. The zero-order chi connectivity index (χ0) is 64.5. The number of anilines is 3. The first kappa shape index (κ1) is 61.9. The van der Waals surface area contributed by atoms with Gasteiger partial charge in [-0.25, -0.2) is 36.5 Å². The molecular formula is C68H75N21O3. The first-order valence-electron chi connectivity index (χ1n) is 30.9. The highest BCUT2D eigenvalue weighted by atomic mass is 16.5. The molecule has 0 saturated heterocycles. The third-order valence-electron chi connectivity index (χ3n) is 18.0. The van der Waals surface area contributed by atoms with Crippen LogP contribution in [0.25, 0.3) is 38.6 Å². The first-order valence-corrected chi connectivity index (χ1v) is 30.9. The van der Waals surface area contributed by atoms with Crippen LogP contribution in [0.3, 0.4) is 0 Å². The molecule has 2 fully saturated rings. The molecule has 14 rings (SSSR count). The Morgan fingerprint density at radius 3 is 1.32 bits per heavy atom. The fourth-order valence-corrected chi connectivity index (χ4v) is 12.3. The Balaban J connectivity index is 0.000000133. The van der Waals surface area contributed by atoms with Gasteiger partial charge in [-0.05, 0) is 173 Å². The number of nitrogen functional groups attached to an aromatic ring is 3. The number of aromatic nitrogens is 12. The van der Waals surface area contributed by atoms with Crippen molar-refractivity contribution in [3.63, 3.8) is 0 Å². The van der Waals surface area contributed by atoms with Crippen LogP contribution in [0.2, 0.25) is 0 Å². The van der Waals surface area contributed by atoms with Crippen molar-refractivity contribution in [2.45, 2.75) is 117 Å². The normalized spacial score (nSPS) is 18.5. The van der Waals surface area contributed by atoms with E-state index in [2.05, 4.69) is 155 Å². The second-order valence-electron chi connectivity index (χ2n) is 25.3. The molecule has 6 aromatic heterocycles. The fourth-order valence-electron chi connectivity index (χ4n) is 12.3. The van der Waals surface area contributed by atoms with Gasteiger partial charge >= 0.3 is 5.66 Å². The number of ether oxygens (including phenoxy) is 3. The van der Waals surface area contributed by atoms with Crippen LogP contribution in [-0.2, 0) is 44.6 Å². The summed E-state index contributed by atoms with van der Waals surface area (Å²) < 4.78 is 23.0. The molecule has 470 valence electrons. The van der Waals surface area contributed by atoms with Crippen molar-refractivity contribution in [2.75, 3.05) is 58.0 Å². The lowest BCUT2D eigenvalue weighted by atomic mass is 9.81. The van der Waals surface area contributed by atoms with E-state index in [1.165, 1.54) is 50.1 Å². The third-order valence-corrected chi connectivity index (χ3v) is 18.0. The summed E-state index contributed by atoms with van der Waals surface area (Å²) >= 11 is 0. The molecule has 5 aliphatic rings. The van der Waals surface area contributed by atoms with E-state index >= 15 is 0 Å². The fraction of sp³-hybridized carbons (Fsp3) is 0.382. The minimum absolute atomic E-state index is 0.122. The number of hydrogen-bond donors (Lipinski definition) is 3. The Bertz CT molecular complexity index is 4360. The van der Waals surface area contributed by atoms with Crippen molar-refractivity contribution in [1.82, 2.24) is 73.9 Å². The molecule has 0 spiro atoms. The predicted octanol–water partition coefficient (Wildman–Crippen LogP) is 10.6. The number of nitrogens with two attached hydrogens (primary N) is 3. The molecule has 92 heavy (non-hydrogen) atoms. The minimum Gasteiger partial charge on any atom is -0.433 e. The van der Waals surface area contributed by atoms with Gasteiger partial charge in [0, 0.05) is 69.8 Å². The summed E-state index contributed by atoms with van der Waals surface area (Å²) in [5, 5.41) is 30.9. The summed E-state index contributed by atoms with van der Waals surface area (Å²) in [5.74, 6) is 3.26. The molecule has 2 saturated carbocycles. The van der Waals surface area contributed by atoms with Crippen LogP contribution in [-0.4, -0.2) is 115 Å². The Hall–Kier alpha value is -10.3. The smallest absolute Gasteiger partial charge is 0.320 e. The van der Waals surface area contributed by atoms with E-state index in [9.17, 15) is 0 Å². The Morgan fingerprint density at radius 1 is 0.511 bits per heavy atom. The highest BCUT2D eigenvalue weighted by Crippen LogP contribution is 2.41. The van der Waals surface area contributed by atoms with Gasteiger partial charge in [-0.2, -0.15) is 30.5 Å². The SMILES string of the molecule is Cc1cc(-c2cnc(N)c(Oc3cnn(C4CC(C#N)C4)c3)n2)cc2c1CCN(C)C2.Cc1cc(-c2cnc(N)c(Oc3cnn(C4CC(C#N)C4)c3)n2)cc2c1CN(C)CC2.[C-]#[N+]C(C)(C)n1cc(Oc2nc(-c3cc(C)c4c(c3)CCN(C)C4)cnc2N)cn1. The number of aryl methyl sites for hydroxylation is 3. The molecule has 9 aromatic rings. The standard InChI is InChI=1S/2C23H25N7O.C22H25N7O/c1-14-5-16(8-17-12-29(2)4-3-20(14)17)21-11-26-22(25)23(28-21)31-19-10-27-30(13-19)18-6-15(7-18)9-24;1-14-5-17(8-16-3-4-29(2)13-20(14)16)21-11-26-22(25)23(28-21)31-19-10-27-30(12-19)18-6-15(7-18)9-24;1-14-8-16(9-15-6-7-28(5)13-18(14)15)19-11-25-20(23)21(27-19)30-17-10-26-29(12-17)22(2,3)24-4/h5,8,10-11,13,15,18H,3-4,6-7,12H2,1-2H3,(H2,25,26);5,8,10-12,15,18H,3-4,6-7,13H2,1-2H3,(H2,25,26);8-12H,6-7,13H2,1-3,5H3,(H2,23,25). The molecule has 6 N–H and O–H groups in total. The molecule has 3 aliphatic heterocycles. The van der Waals surface area contributed by atoms with Crippen LogP contribution >= 0.6 is 0 Å². The summed E-state index contributed by atoms with van der Waals surface area (Å²) in [6, 6.07) is 18.1. The molecule has 0 radical (unpaired) electrons. The summed E-state index contributed by atoms with van der Waals surface area (Å²) in [4.78, 5) is 37.4. The van der Waals surface area contributed by atoms with Crippen molar-refractivity contribution >= 4 is 17.5 Å². The van der Waals surface area contributed by atoms with Gasteiger partial charge in [-0.1, -0.05) is 0 Å². The van der Waals surface area contributed by atoms with E-state index in [1.54, 1.807) is 61.9 Å². The average Bonchev–Trinajstić information content (AvgIpc) is 2.10. The number of nitrogens with zero attached hydrogens (tertiary/aromatic N) is 18.